The third kappa shape index (κ3) is 4.86. The molecule has 2 aromatic rings. The van der Waals surface area contributed by atoms with Crippen molar-refractivity contribution in [2.24, 2.45) is 0 Å². The van der Waals surface area contributed by atoms with Crippen LogP contribution in [0.3, 0.4) is 0 Å². The molecule has 0 fully saturated rings. The number of aromatic amines is 1. The van der Waals surface area contributed by atoms with Crippen LogP contribution in [0.4, 0.5) is 17.1 Å². The van der Waals surface area contributed by atoms with Crippen LogP contribution in [0.15, 0.2) is 18.2 Å². The highest BCUT2D eigenvalue weighted by Gasteiger charge is 2.25. The number of hydrogen-bond donors (Lipinski definition) is 4. The number of nitrogens with zero attached hydrogens (tertiary/aromatic N) is 1. The van der Waals surface area contributed by atoms with Gasteiger partial charge in [0.05, 0.1) is 17.8 Å². The second-order valence-corrected chi connectivity index (χ2v) is 7.63. The highest BCUT2D eigenvalue weighted by Crippen LogP contribution is 2.36. The number of amides is 3. The maximum absolute atomic E-state index is 12.6. The molecule has 0 unspecified atom stereocenters. The van der Waals surface area contributed by atoms with Crippen LogP contribution < -0.4 is 16.0 Å². The number of anilines is 3. The average Bonchev–Trinajstić information content (AvgIpc) is 3.16. The van der Waals surface area contributed by atoms with Gasteiger partial charge in [-0.1, -0.05) is 13.8 Å². The lowest BCUT2D eigenvalue weighted by molar-refractivity contribution is -0.117. The SMILES string of the molecule is CCN(CC)CC(=O)Nc1c(C)[nH]c(/C=C2\C(=O)Nc3ccc(NC(C)=O)cc32)c1C. The predicted octanol–water partition coefficient (Wildman–Crippen LogP) is 3.36. The summed E-state index contributed by atoms with van der Waals surface area (Å²) in [7, 11) is 0. The number of H-pyrrole nitrogens is 1. The second kappa shape index (κ2) is 9.18. The zero-order valence-electron chi connectivity index (χ0n) is 18.6. The summed E-state index contributed by atoms with van der Waals surface area (Å²) < 4.78 is 0. The van der Waals surface area contributed by atoms with Crippen LogP contribution >= 0.6 is 0 Å². The highest BCUT2D eigenvalue weighted by atomic mass is 16.2. The molecule has 0 spiro atoms. The molecule has 0 radical (unpaired) electrons. The van der Waals surface area contributed by atoms with Crippen LogP contribution in [-0.2, 0) is 14.4 Å². The number of rotatable bonds is 7. The minimum atomic E-state index is -0.214. The quantitative estimate of drug-likeness (QED) is 0.512. The molecule has 2 heterocycles. The van der Waals surface area contributed by atoms with E-state index in [0.29, 0.717) is 23.5 Å². The Morgan fingerprint density at radius 2 is 1.84 bits per heavy atom. The molecule has 0 saturated heterocycles. The molecule has 0 bridgehead atoms. The lowest BCUT2D eigenvalue weighted by Gasteiger charge is -2.17. The van der Waals surface area contributed by atoms with Crippen molar-refractivity contribution in [3.05, 3.63) is 40.7 Å². The van der Waals surface area contributed by atoms with E-state index < -0.39 is 0 Å². The molecule has 3 rings (SSSR count). The van der Waals surface area contributed by atoms with Crippen LogP contribution in [-0.4, -0.2) is 47.2 Å². The lowest BCUT2D eigenvalue weighted by Crippen LogP contribution is -2.33. The number of hydrogen-bond acceptors (Lipinski definition) is 4. The van der Waals surface area contributed by atoms with E-state index in [4.69, 9.17) is 0 Å². The number of carbonyl (C=O) groups excluding carboxylic acids is 3. The van der Waals surface area contributed by atoms with Gasteiger partial charge >= 0.3 is 0 Å². The summed E-state index contributed by atoms with van der Waals surface area (Å²) in [4.78, 5) is 41.7. The Labute approximate surface area is 182 Å². The van der Waals surface area contributed by atoms with Crippen molar-refractivity contribution in [2.45, 2.75) is 34.6 Å². The van der Waals surface area contributed by atoms with E-state index in [0.717, 1.165) is 41.3 Å². The van der Waals surface area contributed by atoms with Crippen LogP contribution in [0, 0.1) is 13.8 Å². The zero-order chi connectivity index (χ0) is 22.7. The second-order valence-electron chi connectivity index (χ2n) is 7.63. The van der Waals surface area contributed by atoms with E-state index in [1.165, 1.54) is 6.92 Å². The molecule has 0 saturated carbocycles. The van der Waals surface area contributed by atoms with Crippen molar-refractivity contribution in [3.63, 3.8) is 0 Å². The third-order valence-corrected chi connectivity index (χ3v) is 5.41. The molecular formula is C23H29N5O3. The number of fused-ring (bicyclic) bond motifs is 1. The fraction of sp³-hybridized carbons (Fsp3) is 0.348. The van der Waals surface area contributed by atoms with Crippen LogP contribution in [0.25, 0.3) is 11.6 Å². The molecule has 8 nitrogen and oxygen atoms in total. The molecule has 1 aliphatic rings. The van der Waals surface area contributed by atoms with E-state index in [1.54, 1.807) is 24.3 Å². The van der Waals surface area contributed by atoms with Crippen molar-refractivity contribution in [3.8, 4) is 0 Å². The van der Waals surface area contributed by atoms with Gasteiger partial charge in [-0.05, 0) is 56.8 Å². The fourth-order valence-electron chi connectivity index (χ4n) is 3.69. The minimum absolute atomic E-state index is 0.0722. The van der Waals surface area contributed by atoms with E-state index in [1.807, 2.05) is 32.6 Å². The zero-order valence-corrected chi connectivity index (χ0v) is 18.6. The normalized spacial score (nSPS) is 14.0. The monoisotopic (exact) mass is 423 g/mol. The van der Waals surface area contributed by atoms with Gasteiger partial charge < -0.3 is 20.9 Å². The fourth-order valence-corrected chi connectivity index (χ4v) is 3.69. The van der Waals surface area contributed by atoms with E-state index in [2.05, 4.69) is 20.9 Å². The topological polar surface area (TPSA) is 106 Å². The van der Waals surface area contributed by atoms with Gasteiger partial charge in [0, 0.05) is 35.2 Å². The summed E-state index contributed by atoms with van der Waals surface area (Å²) in [6.07, 6.45) is 1.78. The summed E-state index contributed by atoms with van der Waals surface area (Å²) in [6, 6.07) is 5.29. The number of aromatic nitrogens is 1. The molecule has 31 heavy (non-hydrogen) atoms. The molecule has 0 aliphatic carbocycles. The summed E-state index contributed by atoms with van der Waals surface area (Å²) in [5.41, 5.74) is 5.69. The summed E-state index contributed by atoms with van der Waals surface area (Å²) in [6.45, 7) is 11.2. The summed E-state index contributed by atoms with van der Waals surface area (Å²) in [5.74, 6) is -0.463. The molecule has 0 atom stereocenters. The van der Waals surface area contributed by atoms with Crippen molar-refractivity contribution >= 4 is 46.4 Å². The Bertz CT molecular complexity index is 1060. The van der Waals surface area contributed by atoms with Gasteiger partial charge in [-0.2, -0.15) is 0 Å². The maximum atomic E-state index is 12.6. The molecule has 8 heteroatoms. The first-order valence-electron chi connectivity index (χ1n) is 10.4. The molecular weight excluding hydrogens is 394 g/mol. The standard InChI is InChI=1S/C23H29N5O3/c1-6-28(7-2)12-21(30)27-22-13(3)20(24-14(22)4)11-18-17-10-16(25-15(5)29)8-9-19(17)26-23(18)31/h8-11,24H,6-7,12H2,1-5H3,(H,25,29)(H,26,31)(H,27,30)/b18-11-. The van der Waals surface area contributed by atoms with Crippen molar-refractivity contribution < 1.29 is 14.4 Å². The number of carbonyl (C=O) groups is 3. The van der Waals surface area contributed by atoms with Crippen LogP contribution in [0.2, 0.25) is 0 Å². The number of likely N-dealkylation sites (N-methyl/N-ethyl adjacent to an activating group) is 1. The largest absolute Gasteiger partial charge is 0.357 e. The third-order valence-electron chi connectivity index (χ3n) is 5.41. The van der Waals surface area contributed by atoms with Crippen molar-refractivity contribution in [2.75, 3.05) is 35.6 Å². The minimum Gasteiger partial charge on any atom is -0.357 e. The van der Waals surface area contributed by atoms with Gasteiger partial charge in [-0.3, -0.25) is 19.3 Å². The van der Waals surface area contributed by atoms with Gasteiger partial charge in [-0.25, -0.2) is 0 Å². The highest BCUT2D eigenvalue weighted by molar-refractivity contribution is 6.35. The predicted molar refractivity (Wildman–Crippen MR) is 124 cm³/mol. The summed E-state index contributed by atoms with van der Waals surface area (Å²) >= 11 is 0. The first-order valence-corrected chi connectivity index (χ1v) is 10.4. The lowest BCUT2D eigenvalue weighted by atomic mass is 10.0. The molecule has 164 valence electrons. The molecule has 3 amide bonds. The van der Waals surface area contributed by atoms with E-state index in [-0.39, 0.29) is 17.7 Å². The van der Waals surface area contributed by atoms with Gasteiger partial charge in [0.1, 0.15) is 0 Å². The van der Waals surface area contributed by atoms with Crippen LogP contribution in [0.1, 0.15) is 43.3 Å². The molecule has 4 N–H and O–H groups in total. The van der Waals surface area contributed by atoms with Gasteiger partial charge in [0.25, 0.3) is 5.91 Å². The van der Waals surface area contributed by atoms with Gasteiger partial charge in [0.15, 0.2) is 0 Å². The van der Waals surface area contributed by atoms with Crippen molar-refractivity contribution in [1.29, 1.82) is 0 Å². The van der Waals surface area contributed by atoms with E-state index >= 15 is 0 Å². The van der Waals surface area contributed by atoms with Gasteiger partial charge in [0.2, 0.25) is 11.8 Å². The molecule has 1 aromatic heterocycles. The average molecular weight is 424 g/mol. The number of nitrogens with one attached hydrogen (secondary N) is 4. The first-order chi connectivity index (χ1) is 14.7. The Morgan fingerprint density at radius 1 is 1.13 bits per heavy atom. The Hall–Kier alpha value is -3.39. The van der Waals surface area contributed by atoms with Gasteiger partial charge in [-0.15, -0.1) is 0 Å². The van der Waals surface area contributed by atoms with Crippen LogP contribution in [0.5, 0.6) is 0 Å². The Kier molecular flexibility index (Phi) is 6.60. The molecule has 1 aromatic carbocycles. The Balaban J connectivity index is 1.90. The van der Waals surface area contributed by atoms with Crippen molar-refractivity contribution in [1.82, 2.24) is 9.88 Å². The number of benzene rings is 1. The maximum Gasteiger partial charge on any atom is 0.256 e. The molecule has 1 aliphatic heterocycles. The first kappa shape index (κ1) is 22.3. The van der Waals surface area contributed by atoms with E-state index in [9.17, 15) is 14.4 Å². The summed E-state index contributed by atoms with van der Waals surface area (Å²) in [5, 5.41) is 8.58. The smallest absolute Gasteiger partial charge is 0.256 e. The Morgan fingerprint density at radius 3 is 2.48 bits per heavy atom. The number of aryl methyl sites for hydroxylation is 1.